The quantitative estimate of drug-likeness (QED) is 0.726. The van der Waals surface area contributed by atoms with Gasteiger partial charge < -0.3 is 14.6 Å². The van der Waals surface area contributed by atoms with Gasteiger partial charge in [-0.15, -0.1) is 0 Å². The zero-order valence-electron chi connectivity index (χ0n) is 11.7. The van der Waals surface area contributed by atoms with Gasteiger partial charge in [0.1, 0.15) is 5.76 Å². The number of anilines is 2. The Balaban J connectivity index is 1.59. The summed E-state index contributed by atoms with van der Waals surface area (Å²) >= 11 is 6.77. The predicted molar refractivity (Wildman–Crippen MR) is 93.9 cm³/mol. The highest BCUT2D eigenvalue weighted by atomic mass is 79.9. The molecule has 1 saturated heterocycles. The zero-order valence-corrected chi connectivity index (χ0v) is 14.9. The van der Waals surface area contributed by atoms with Crippen LogP contribution in [0.2, 0.25) is 0 Å². The average Bonchev–Trinajstić information content (AvgIpc) is 2.85. The third-order valence-electron chi connectivity index (χ3n) is 3.75. The number of halogens is 2. The average molecular weight is 414 g/mol. The van der Waals surface area contributed by atoms with E-state index in [1.54, 1.807) is 0 Å². The van der Waals surface area contributed by atoms with Crippen LogP contribution < -0.4 is 10.2 Å². The molecule has 0 saturated carbocycles. The Hall–Kier alpha value is -0.940. The van der Waals surface area contributed by atoms with Gasteiger partial charge >= 0.3 is 0 Å². The molecule has 5 heteroatoms. The van der Waals surface area contributed by atoms with Crippen LogP contribution in [0.5, 0.6) is 0 Å². The summed E-state index contributed by atoms with van der Waals surface area (Å²) in [7, 11) is 0. The van der Waals surface area contributed by atoms with E-state index in [2.05, 4.69) is 66.3 Å². The summed E-state index contributed by atoms with van der Waals surface area (Å²) in [6.07, 6.45) is 3.98. The number of hydrogen-bond acceptors (Lipinski definition) is 3. The number of hydrogen-bond donors (Lipinski definition) is 1. The summed E-state index contributed by atoms with van der Waals surface area (Å²) in [4.78, 5) is 2.47. The van der Waals surface area contributed by atoms with Crippen molar-refractivity contribution in [3.8, 4) is 0 Å². The molecule has 1 fully saturated rings. The monoisotopic (exact) mass is 412 g/mol. The van der Waals surface area contributed by atoms with Gasteiger partial charge in [-0.2, -0.15) is 0 Å². The van der Waals surface area contributed by atoms with Gasteiger partial charge in [-0.05, 0) is 81.5 Å². The minimum Gasteiger partial charge on any atom is -0.451 e. The van der Waals surface area contributed by atoms with Crippen LogP contribution in [0.15, 0.2) is 43.9 Å². The number of rotatable bonds is 4. The standard InChI is InChI=1S/C16H18Br2N2O/c17-15-10-14(21-16(15)18)11-19-12-4-6-13(7-5-12)20-8-2-1-3-9-20/h4-7,10,19H,1-3,8-9,11H2. The Kier molecular flexibility index (Phi) is 4.91. The highest BCUT2D eigenvalue weighted by Crippen LogP contribution is 2.27. The lowest BCUT2D eigenvalue weighted by Gasteiger charge is -2.28. The number of nitrogens with zero attached hydrogens (tertiary/aromatic N) is 1. The number of benzene rings is 1. The Morgan fingerprint density at radius 3 is 2.38 bits per heavy atom. The van der Waals surface area contributed by atoms with E-state index >= 15 is 0 Å². The smallest absolute Gasteiger partial charge is 0.183 e. The van der Waals surface area contributed by atoms with Gasteiger partial charge in [0.05, 0.1) is 11.0 Å². The summed E-state index contributed by atoms with van der Waals surface area (Å²) in [6, 6.07) is 10.6. The molecule has 0 bridgehead atoms. The lowest BCUT2D eigenvalue weighted by molar-refractivity contribution is 0.494. The van der Waals surface area contributed by atoms with E-state index in [1.165, 1.54) is 38.0 Å². The summed E-state index contributed by atoms with van der Waals surface area (Å²) in [6.45, 7) is 3.04. The zero-order chi connectivity index (χ0) is 14.7. The fraction of sp³-hybridized carbons (Fsp3) is 0.375. The molecule has 21 heavy (non-hydrogen) atoms. The van der Waals surface area contributed by atoms with Gasteiger partial charge in [-0.3, -0.25) is 0 Å². The van der Waals surface area contributed by atoms with Crippen LogP contribution in [-0.2, 0) is 6.54 Å². The van der Waals surface area contributed by atoms with E-state index in [-0.39, 0.29) is 0 Å². The molecule has 3 nitrogen and oxygen atoms in total. The van der Waals surface area contributed by atoms with Crippen molar-refractivity contribution >= 4 is 43.2 Å². The van der Waals surface area contributed by atoms with E-state index in [4.69, 9.17) is 4.42 Å². The van der Waals surface area contributed by atoms with Crippen LogP contribution in [0.3, 0.4) is 0 Å². The number of furan rings is 1. The van der Waals surface area contributed by atoms with Crippen molar-refractivity contribution in [2.45, 2.75) is 25.8 Å². The Labute approximate surface area is 142 Å². The highest BCUT2D eigenvalue weighted by Gasteiger charge is 2.10. The first-order valence-electron chi connectivity index (χ1n) is 7.25. The van der Waals surface area contributed by atoms with Crippen molar-refractivity contribution in [3.05, 3.63) is 45.2 Å². The van der Waals surface area contributed by atoms with Crippen LogP contribution in [0.25, 0.3) is 0 Å². The van der Waals surface area contributed by atoms with Gasteiger partial charge in [0, 0.05) is 24.5 Å². The molecule has 0 atom stereocenters. The molecule has 0 aliphatic carbocycles. The van der Waals surface area contributed by atoms with Gasteiger partial charge in [0.15, 0.2) is 4.67 Å². The molecule has 1 aliphatic heterocycles. The van der Waals surface area contributed by atoms with E-state index in [1.807, 2.05) is 6.07 Å². The number of piperidine rings is 1. The van der Waals surface area contributed by atoms with E-state index in [0.717, 1.165) is 20.6 Å². The lowest BCUT2D eigenvalue weighted by atomic mass is 10.1. The molecular weight excluding hydrogens is 396 g/mol. The van der Waals surface area contributed by atoms with Crippen molar-refractivity contribution in [2.24, 2.45) is 0 Å². The second-order valence-corrected chi connectivity index (χ2v) is 6.86. The van der Waals surface area contributed by atoms with Crippen molar-refractivity contribution < 1.29 is 4.42 Å². The van der Waals surface area contributed by atoms with E-state index in [9.17, 15) is 0 Å². The fourth-order valence-electron chi connectivity index (χ4n) is 2.61. The SMILES string of the molecule is Brc1cc(CNc2ccc(N3CCCCC3)cc2)oc1Br. The minimum atomic E-state index is 0.674. The molecule has 1 aliphatic rings. The van der Waals surface area contributed by atoms with Crippen LogP contribution in [0, 0.1) is 0 Å². The van der Waals surface area contributed by atoms with Gasteiger partial charge in [0.2, 0.25) is 0 Å². The molecule has 0 amide bonds. The van der Waals surface area contributed by atoms with Crippen molar-refractivity contribution in [3.63, 3.8) is 0 Å². The first-order valence-corrected chi connectivity index (χ1v) is 8.83. The third-order valence-corrected chi connectivity index (χ3v) is 5.46. The second kappa shape index (κ2) is 6.88. The molecule has 2 heterocycles. The number of nitrogens with one attached hydrogen (secondary N) is 1. The fourth-order valence-corrected chi connectivity index (χ4v) is 3.27. The first kappa shape index (κ1) is 15.0. The largest absolute Gasteiger partial charge is 0.451 e. The maximum Gasteiger partial charge on any atom is 0.183 e. The Bertz CT molecular complexity index is 569. The highest BCUT2D eigenvalue weighted by molar-refractivity contribution is 9.13. The Morgan fingerprint density at radius 1 is 1.05 bits per heavy atom. The minimum absolute atomic E-state index is 0.674. The molecule has 3 rings (SSSR count). The van der Waals surface area contributed by atoms with Crippen LogP contribution in [0.1, 0.15) is 25.0 Å². The third kappa shape index (κ3) is 3.83. The van der Waals surface area contributed by atoms with Gasteiger partial charge in [-0.1, -0.05) is 0 Å². The molecule has 0 unspecified atom stereocenters. The molecule has 1 N–H and O–H groups in total. The summed E-state index contributed by atoms with van der Waals surface area (Å²) in [5.41, 5.74) is 2.43. The molecular formula is C16H18Br2N2O. The lowest BCUT2D eigenvalue weighted by Crippen LogP contribution is -2.29. The van der Waals surface area contributed by atoms with Crippen molar-refractivity contribution in [1.82, 2.24) is 0 Å². The van der Waals surface area contributed by atoms with Crippen molar-refractivity contribution in [2.75, 3.05) is 23.3 Å². The van der Waals surface area contributed by atoms with Crippen molar-refractivity contribution in [1.29, 1.82) is 0 Å². The first-order chi connectivity index (χ1) is 10.2. The van der Waals surface area contributed by atoms with E-state index in [0.29, 0.717) is 6.54 Å². The predicted octanol–water partition coefficient (Wildman–Crippen LogP) is 5.41. The maximum absolute atomic E-state index is 5.55. The van der Waals surface area contributed by atoms with Crippen LogP contribution in [0.4, 0.5) is 11.4 Å². The van der Waals surface area contributed by atoms with Crippen LogP contribution in [-0.4, -0.2) is 13.1 Å². The van der Waals surface area contributed by atoms with Crippen LogP contribution >= 0.6 is 31.9 Å². The summed E-state index contributed by atoms with van der Waals surface area (Å²) < 4.78 is 7.23. The maximum atomic E-state index is 5.55. The molecule has 0 spiro atoms. The van der Waals surface area contributed by atoms with Gasteiger partial charge in [0.25, 0.3) is 0 Å². The van der Waals surface area contributed by atoms with Gasteiger partial charge in [-0.25, -0.2) is 0 Å². The molecule has 1 aromatic heterocycles. The second-order valence-electron chi connectivity index (χ2n) is 5.28. The summed E-state index contributed by atoms with van der Waals surface area (Å²) in [5.74, 6) is 0.897. The molecule has 1 aromatic carbocycles. The molecule has 112 valence electrons. The molecule has 2 aromatic rings. The summed E-state index contributed by atoms with van der Waals surface area (Å²) in [5, 5.41) is 3.38. The normalized spacial score (nSPS) is 15.2. The topological polar surface area (TPSA) is 28.4 Å². The molecule has 0 radical (unpaired) electrons. The van der Waals surface area contributed by atoms with E-state index < -0.39 is 0 Å². The Morgan fingerprint density at radius 2 is 1.76 bits per heavy atom.